The minimum atomic E-state index is -0.952. The van der Waals surface area contributed by atoms with Crippen LogP contribution in [0.15, 0.2) is 35.9 Å². The van der Waals surface area contributed by atoms with E-state index in [4.69, 9.17) is 16.7 Å². The minimum absolute atomic E-state index is 0.266. The molecule has 1 aromatic carbocycles. The summed E-state index contributed by atoms with van der Waals surface area (Å²) < 4.78 is 0. The van der Waals surface area contributed by atoms with Gasteiger partial charge in [-0.1, -0.05) is 23.7 Å². The highest BCUT2D eigenvalue weighted by molar-refractivity contribution is 6.30. The number of carboxylic acids is 1. The fourth-order valence-corrected chi connectivity index (χ4v) is 1.66. The van der Waals surface area contributed by atoms with Gasteiger partial charge in [-0.25, -0.2) is 9.59 Å². The average Bonchev–Trinajstić information content (AvgIpc) is 2.42. The van der Waals surface area contributed by atoms with Crippen molar-refractivity contribution in [3.05, 3.63) is 40.9 Å². The highest BCUT2D eigenvalue weighted by atomic mass is 35.5. The fourth-order valence-electron chi connectivity index (χ4n) is 1.48. The first-order valence-electron chi connectivity index (χ1n) is 6.09. The number of hydrogen-bond acceptors (Lipinski definition) is 2. The van der Waals surface area contributed by atoms with Crippen molar-refractivity contribution >= 4 is 29.3 Å². The van der Waals surface area contributed by atoms with E-state index in [0.29, 0.717) is 23.7 Å². The number of nitrogens with zero attached hydrogens (tertiary/aromatic N) is 1. The first-order chi connectivity index (χ1) is 9.41. The van der Waals surface area contributed by atoms with Crippen LogP contribution in [-0.2, 0) is 4.79 Å². The Bertz CT molecular complexity index is 529. The molecule has 0 radical (unpaired) electrons. The predicted molar refractivity (Wildman–Crippen MR) is 79.3 cm³/mol. The van der Waals surface area contributed by atoms with Gasteiger partial charge in [0.05, 0.1) is 0 Å². The molecule has 0 aromatic heterocycles. The van der Waals surface area contributed by atoms with Gasteiger partial charge in [-0.05, 0) is 31.5 Å². The van der Waals surface area contributed by atoms with Crippen LogP contribution in [0.3, 0.4) is 0 Å². The van der Waals surface area contributed by atoms with Gasteiger partial charge in [0, 0.05) is 29.9 Å². The van der Waals surface area contributed by atoms with Gasteiger partial charge in [0.25, 0.3) is 0 Å². The van der Waals surface area contributed by atoms with Gasteiger partial charge in [-0.2, -0.15) is 0 Å². The number of carbonyl (C=O) groups excluding carboxylic acids is 1. The van der Waals surface area contributed by atoms with E-state index in [1.54, 1.807) is 37.4 Å². The van der Waals surface area contributed by atoms with E-state index in [0.717, 1.165) is 0 Å². The summed E-state index contributed by atoms with van der Waals surface area (Å²) in [6, 6.07) is 6.69. The lowest BCUT2D eigenvalue weighted by Gasteiger charge is -2.18. The molecule has 2 N–H and O–H groups in total. The lowest BCUT2D eigenvalue weighted by atomic mass is 10.2. The zero-order valence-corrected chi connectivity index (χ0v) is 12.1. The third kappa shape index (κ3) is 4.93. The highest BCUT2D eigenvalue weighted by Crippen LogP contribution is 2.18. The maximum atomic E-state index is 11.9. The van der Waals surface area contributed by atoms with Crippen molar-refractivity contribution in [2.45, 2.75) is 13.3 Å². The zero-order chi connectivity index (χ0) is 15.1. The number of nitrogens with one attached hydrogen (secondary N) is 1. The van der Waals surface area contributed by atoms with Gasteiger partial charge in [0.1, 0.15) is 0 Å². The second-order valence-corrected chi connectivity index (χ2v) is 4.69. The zero-order valence-electron chi connectivity index (χ0n) is 11.4. The van der Waals surface area contributed by atoms with Gasteiger partial charge >= 0.3 is 12.0 Å². The molecule has 0 heterocycles. The van der Waals surface area contributed by atoms with Crippen molar-refractivity contribution in [2.75, 3.05) is 18.5 Å². The summed E-state index contributed by atoms with van der Waals surface area (Å²) >= 11 is 5.86. The molecule has 6 heteroatoms. The van der Waals surface area contributed by atoms with Gasteiger partial charge in [-0.15, -0.1) is 0 Å². The molecular weight excluding hydrogens is 280 g/mol. The average molecular weight is 297 g/mol. The number of benzene rings is 1. The number of aliphatic carboxylic acids is 1. The molecule has 0 atom stereocenters. The molecule has 0 fully saturated rings. The van der Waals surface area contributed by atoms with Crippen LogP contribution >= 0.6 is 11.6 Å². The number of amides is 2. The van der Waals surface area contributed by atoms with Crippen LogP contribution in [0.25, 0.3) is 0 Å². The summed E-state index contributed by atoms with van der Waals surface area (Å²) in [5.41, 5.74) is 0.953. The SMILES string of the molecule is CC(=CCCNC(=O)N(C)c1cccc(Cl)c1)C(=O)O. The van der Waals surface area contributed by atoms with Crippen LogP contribution < -0.4 is 10.2 Å². The molecule has 0 aliphatic heterocycles. The van der Waals surface area contributed by atoms with E-state index < -0.39 is 5.97 Å². The molecule has 20 heavy (non-hydrogen) atoms. The van der Waals surface area contributed by atoms with Crippen LogP contribution in [0.2, 0.25) is 5.02 Å². The van der Waals surface area contributed by atoms with Gasteiger partial charge in [0.2, 0.25) is 0 Å². The second-order valence-electron chi connectivity index (χ2n) is 4.25. The maximum absolute atomic E-state index is 11.9. The third-order valence-electron chi connectivity index (χ3n) is 2.71. The van der Waals surface area contributed by atoms with Crippen molar-refractivity contribution in [1.82, 2.24) is 5.32 Å². The number of halogens is 1. The molecular formula is C14H17ClN2O3. The molecule has 5 nitrogen and oxygen atoms in total. The second kappa shape index (κ2) is 7.55. The normalized spacial score (nSPS) is 11.1. The predicted octanol–water partition coefficient (Wildman–Crippen LogP) is 2.91. The van der Waals surface area contributed by atoms with E-state index in [2.05, 4.69) is 5.32 Å². The number of carboxylic acid groups (broad SMARTS) is 1. The van der Waals surface area contributed by atoms with Crippen LogP contribution in [0.4, 0.5) is 10.5 Å². The van der Waals surface area contributed by atoms with E-state index in [9.17, 15) is 9.59 Å². The summed E-state index contributed by atoms with van der Waals surface area (Å²) in [4.78, 5) is 23.9. The summed E-state index contributed by atoms with van der Waals surface area (Å²) in [6.07, 6.45) is 2.04. The van der Waals surface area contributed by atoms with Gasteiger partial charge in [0.15, 0.2) is 0 Å². The Kier molecular flexibility index (Phi) is 6.06. The number of urea groups is 1. The van der Waals surface area contributed by atoms with Crippen molar-refractivity contribution in [2.24, 2.45) is 0 Å². The smallest absolute Gasteiger partial charge is 0.330 e. The number of carbonyl (C=O) groups is 2. The van der Waals surface area contributed by atoms with Crippen molar-refractivity contribution < 1.29 is 14.7 Å². The van der Waals surface area contributed by atoms with Gasteiger partial charge in [-0.3, -0.25) is 4.90 Å². The monoisotopic (exact) mass is 296 g/mol. The quantitative estimate of drug-likeness (QED) is 0.648. The molecule has 108 valence electrons. The number of anilines is 1. The largest absolute Gasteiger partial charge is 0.478 e. The van der Waals surface area contributed by atoms with Crippen molar-refractivity contribution in [3.8, 4) is 0 Å². The molecule has 1 aromatic rings. The van der Waals surface area contributed by atoms with Crippen LogP contribution in [0.1, 0.15) is 13.3 Å². The van der Waals surface area contributed by atoms with E-state index in [1.165, 1.54) is 11.8 Å². The highest BCUT2D eigenvalue weighted by Gasteiger charge is 2.09. The first-order valence-corrected chi connectivity index (χ1v) is 6.47. The topological polar surface area (TPSA) is 69.6 Å². The van der Waals surface area contributed by atoms with Gasteiger partial charge < -0.3 is 10.4 Å². The molecule has 0 spiro atoms. The van der Waals surface area contributed by atoms with Crippen LogP contribution in [0.5, 0.6) is 0 Å². The summed E-state index contributed by atoms with van der Waals surface area (Å²) in [5.74, 6) is -0.952. The molecule has 0 unspecified atom stereocenters. The van der Waals surface area contributed by atoms with Crippen molar-refractivity contribution in [3.63, 3.8) is 0 Å². The molecule has 0 saturated carbocycles. The van der Waals surface area contributed by atoms with Crippen LogP contribution in [-0.4, -0.2) is 30.7 Å². The maximum Gasteiger partial charge on any atom is 0.330 e. The Labute approximate surface area is 122 Å². The summed E-state index contributed by atoms with van der Waals surface area (Å²) in [7, 11) is 1.64. The Hall–Kier alpha value is -2.01. The Morgan fingerprint density at radius 3 is 2.75 bits per heavy atom. The fraction of sp³-hybridized carbons (Fsp3) is 0.286. The van der Waals surface area contributed by atoms with E-state index >= 15 is 0 Å². The van der Waals surface area contributed by atoms with E-state index in [-0.39, 0.29) is 11.6 Å². The van der Waals surface area contributed by atoms with Crippen LogP contribution in [0, 0.1) is 0 Å². The minimum Gasteiger partial charge on any atom is -0.478 e. The van der Waals surface area contributed by atoms with E-state index in [1.807, 2.05) is 0 Å². The first kappa shape index (κ1) is 16.0. The Balaban J connectivity index is 2.47. The summed E-state index contributed by atoms with van der Waals surface area (Å²) in [6.45, 7) is 1.89. The third-order valence-corrected chi connectivity index (χ3v) is 2.94. The Morgan fingerprint density at radius 2 is 2.15 bits per heavy atom. The van der Waals surface area contributed by atoms with Crippen molar-refractivity contribution in [1.29, 1.82) is 0 Å². The molecule has 1 rings (SSSR count). The molecule has 0 aliphatic rings. The number of rotatable bonds is 5. The molecule has 0 bridgehead atoms. The molecule has 0 aliphatic carbocycles. The lowest BCUT2D eigenvalue weighted by Crippen LogP contribution is -2.37. The standard InChI is InChI=1S/C14H17ClN2O3/c1-10(13(18)19)5-4-8-16-14(20)17(2)12-7-3-6-11(15)9-12/h3,5-7,9H,4,8H2,1-2H3,(H,16,20)(H,18,19). The molecule has 0 saturated heterocycles. The number of hydrogen-bond donors (Lipinski definition) is 2. The molecule has 2 amide bonds. The lowest BCUT2D eigenvalue weighted by molar-refractivity contribution is -0.132. The Morgan fingerprint density at radius 1 is 1.45 bits per heavy atom. The summed E-state index contributed by atoms with van der Waals surface area (Å²) in [5, 5.41) is 11.9.